The molecule has 120 valence electrons. The summed E-state index contributed by atoms with van der Waals surface area (Å²) in [4.78, 5) is 12.6. The molecule has 3 rings (SSSR count). The molecule has 1 atom stereocenters. The molecular weight excluding hydrogens is 338 g/mol. The molecule has 2 aromatic carbocycles. The van der Waals surface area contributed by atoms with E-state index in [2.05, 4.69) is 0 Å². The van der Waals surface area contributed by atoms with Crippen molar-refractivity contribution >= 4 is 34.7 Å². The quantitative estimate of drug-likeness (QED) is 0.634. The van der Waals surface area contributed by atoms with Crippen LogP contribution in [0.2, 0.25) is 10.0 Å². The zero-order valence-electron chi connectivity index (χ0n) is 12.2. The highest BCUT2D eigenvalue weighted by Gasteiger charge is 2.33. The maximum absolute atomic E-state index is 14.8. The Kier molecular flexibility index (Phi) is 4.32. The molecule has 1 aliphatic carbocycles. The molecule has 3 nitrogen and oxygen atoms in total. The average Bonchev–Trinajstić information content (AvgIpc) is 3.34. The van der Waals surface area contributed by atoms with Gasteiger partial charge in [0, 0.05) is 17.2 Å². The molecule has 0 unspecified atom stereocenters. The van der Waals surface area contributed by atoms with Crippen LogP contribution >= 0.6 is 23.2 Å². The van der Waals surface area contributed by atoms with Gasteiger partial charge < -0.3 is 11.5 Å². The fourth-order valence-electron chi connectivity index (χ4n) is 2.56. The van der Waals surface area contributed by atoms with Crippen molar-refractivity contribution in [1.29, 1.82) is 0 Å². The smallest absolute Gasteiger partial charge is 0.197 e. The molecule has 0 aliphatic heterocycles. The molecule has 0 heterocycles. The van der Waals surface area contributed by atoms with Crippen LogP contribution in [0, 0.1) is 11.7 Å². The fourth-order valence-corrected chi connectivity index (χ4v) is 2.97. The molecule has 0 saturated heterocycles. The molecule has 23 heavy (non-hydrogen) atoms. The molecule has 6 heteroatoms. The molecule has 0 aromatic heterocycles. The zero-order chi connectivity index (χ0) is 16.7. The molecular formula is C17H15Cl2FN2O. The number of nitrogen functional groups attached to an aromatic ring is 1. The molecule has 1 saturated carbocycles. The van der Waals surface area contributed by atoms with Crippen molar-refractivity contribution in [3.8, 4) is 0 Å². The number of benzene rings is 2. The first-order valence-corrected chi connectivity index (χ1v) is 7.99. The van der Waals surface area contributed by atoms with Crippen molar-refractivity contribution in [3.63, 3.8) is 0 Å². The van der Waals surface area contributed by atoms with E-state index in [-0.39, 0.29) is 27.1 Å². The van der Waals surface area contributed by atoms with Gasteiger partial charge in [-0.25, -0.2) is 4.39 Å². The van der Waals surface area contributed by atoms with Gasteiger partial charge in [0.25, 0.3) is 0 Å². The van der Waals surface area contributed by atoms with E-state index in [4.69, 9.17) is 34.7 Å². The van der Waals surface area contributed by atoms with Crippen molar-refractivity contribution < 1.29 is 9.18 Å². The van der Waals surface area contributed by atoms with E-state index in [1.807, 2.05) is 0 Å². The van der Waals surface area contributed by atoms with Crippen molar-refractivity contribution in [1.82, 2.24) is 0 Å². The number of ketones is 1. The summed E-state index contributed by atoms with van der Waals surface area (Å²) in [7, 11) is 0. The molecule has 4 N–H and O–H groups in total. The third-order valence-corrected chi connectivity index (χ3v) is 4.74. The first-order chi connectivity index (χ1) is 10.9. The minimum atomic E-state index is -0.658. The van der Waals surface area contributed by atoms with E-state index >= 15 is 0 Å². The van der Waals surface area contributed by atoms with E-state index in [0.29, 0.717) is 11.3 Å². The molecule has 0 amide bonds. The van der Waals surface area contributed by atoms with Gasteiger partial charge in [-0.1, -0.05) is 29.3 Å². The second-order valence-corrected chi connectivity index (χ2v) is 6.57. The van der Waals surface area contributed by atoms with Crippen molar-refractivity contribution in [2.75, 3.05) is 5.73 Å². The normalized spacial score (nSPS) is 15.5. The van der Waals surface area contributed by atoms with Crippen LogP contribution in [0.25, 0.3) is 0 Å². The topological polar surface area (TPSA) is 69.1 Å². The van der Waals surface area contributed by atoms with Gasteiger partial charge in [0.1, 0.15) is 5.82 Å². The number of nitrogens with two attached hydrogens (primary N) is 2. The van der Waals surface area contributed by atoms with Crippen LogP contribution in [0.4, 0.5) is 10.1 Å². The molecule has 2 aromatic rings. The van der Waals surface area contributed by atoms with Crippen LogP contribution in [-0.4, -0.2) is 5.78 Å². The number of hydrogen-bond donors (Lipinski definition) is 2. The van der Waals surface area contributed by atoms with Gasteiger partial charge in [-0.2, -0.15) is 0 Å². The first kappa shape index (κ1) is 16.2. The van der Waals surface area contributed by atoms with Gasteiger partial charge in [0.2, 0.25) is 0 Å². The number of rotatable bonds is 4. The monoisotopic (exact) mass is 352 g/mol. The third-order valence-electron chi connectivity index (χ3n) is 4.10. The minimum absolute atomic E-state index is 0.0483. The molecule has 0 radical (unpaired) electrons. The van der Waals surface area contributed by atoms with Crippen molar-refractivity contribution in [2.24, 2.45) is 11.7 Å². The van der Waals surface area contributed by atoms with Crippen LogP contribution in [0.3, 0.4) is 0 Å². The largest absolute Gasteiger partial charge is 0.398 e. The summed E-state index contributed by atoms with van der Waals surface area (Å²) >= 11 is 12.0. The van der Waals surface area contributed by atoms with Gasteiger partial charge in [-0.3, -0.25) is 4.79 Å². The van der Waals surface area contributed by atoms with Gasteiger partial charge >= 0.3 is 0 Å². The highest BCUT2D eigenvalue weighted by atomic mass is 35.5. The lowest BCUT2D eigenvalue weighted by Gasteiger charge is -2.15. The summed E-state index contributed by atoms with van der Waals surface area (Å²) < 4.78 is 14.8. The lowest BCUT2D eigenvalue weighted by molar-refractivity contribution is 0.103. The number of halogens is 3. The Bertz CT molecular complexity index is 790. The Morgan fingerprint density at radius 3 is 2.48 bits per heavy atom. The summed E-state index contributed by atoms with van der Waals surface area (Å²) in [5.41, 5.74) is 12.4. The van der Waals surface area contributed by atoms with Crippen LogP contribution in [0.5, 0.6) is 0 Å². The van der Waals surface area contributed by atoms with Crippen LogP contribution in [0.1, 0.15) is 40.4 Å². The van der Waals surface area contributed by atoms with Crippen LogP contribution in [-0.2, 0) is 0 Å². The third kappa shape index (κ3) is 3.07. The Balaban J connectivity index is 2.05. The summed E-state index contributed by atoms with van der Waals surface area (Å²) in [5, 5.41) is 0.283. The van der Waals surface area contributed by atoms with Gasteiger partial charge in [0.05, 0.1) is 21.3 Å². The van der Waals surface area contributed by atoms with E-state index in [9.17, 15) is 9.18 Å². The molecule has 1 fully saturated rings. The highest BCUT2D eigenvalue weighted by molar-refractivity contribution is 6.36. The second-order valence-electron chi connectivity index (χ2n) is 5.75. The van der Waals surface area contributed by atoms with Gasteiger partial charge in [-0.15, -0.1) is 0 Å². The standard InChI is InChI=1S/C17H15Cl2FN2O/c18-11-5-4-10(16(22)8-1-2-8)15(20)14(11)17(23)9-3-6-13(21)12(19)7-9/h3-8,16H,1-2,21-22H2/t16-/m1/s1. The molecule has 1 aliphatic rings. The van der Waals surface area contributed by atoms with Crippen LogP contribution in [0.15, 0.2) is 30.3 Å². The fraction of sp³-hybridized carbons (Fsp3) is 0.235. The minimum Gasteiger partial charge on any atom is -0.398 e. The predicted molar refractivity (Wildman–Crippen MR) is 90.4 cm³/mol. The number of carbonyl (C=O) groups excluding carboxylic acids is 1. The molecule has 0 spiro atoms. The maximum atomic E-state index is 14.8. The Morgan fingerprint density at radius 1 is 1.17 bits per heavy atom. The lowest BCUT2D eigenvalue weighted by Crippen LogP contribution is -2.17. The Labute approximate surface area is 143 Å². The van der Waals surface area contributed by atoms with E-state index in [0.717, 1.165) is 12.8 Å². The molecule has 0 bridgehead atoms. The number of hydrogen-bond acceptors (Lipinski definition) is 3. The van der Waals surface area contributed by atoms with Crippen molar-refractivity contribution in [2.45, 2.75) is 18.9 Å². The van der Waals surface area contributed by atoms with Gasteiger partial charge in [0.15, 0.2) is 5.78 Å². The first-order valence-electron chi connectivity index (χ1n) is 7.23. The summed E-state index contributed by atoms with van der Waals surface area (Å²) in [6, 6.07) is 7.03. The lowest BCUT2D eigenvalue weighted by atomic mass is 9.95. The van der Waals surface area contributed by atoms with E-state index in [1.54, 1.807) is 6.07 Å². The summed E-state index contributed by atoms with van der Waals surface area (Å²) in [6.45, 7) is 0. The average molecular weight is 353 g/mol. The predicted octanol–water partition coefficient (Wildman–Crippen LogP) is 4.36. The Morgan fingerprint density at radius 2 is 1.87 bits per heavy atom. The summed E-state index contributed by atoms with van der Waals surface area (Å²) in [6.07, 6.45) is 1.94. The van der Waals surface area contributed by atoms with E-state index in [1.165, 1.54) is 24.3 Å². The van der Waals surface area contributed by atoms with E-state index < -0.39 is 17.6 Å². The summed E-state index contributed by atoms with van der Waals surface area (Å²) in [5.74, 6) is -0.936. The second kappa shape index (κ2) is 6.11. The number of carbonyl (C=O) groups is 1. The number of anilines is 1. The van der Waals surface area contributed by atoms with Crippen LogP contribution < -0.4 is 11.5 Å². The van der Waals surface area contributed by atoms with Crippen molar-refractivity contribution in [3.05, 3.63) is 62.9 Å². The van der Waals surface area contributed by atoms with Gasteiger partial charge in [-0.05, 0) is 43.0 Å². The zero-order valence-corrected chi connectivity index (χ0v) is 13.7. The SMILES string of the molecule is Nc1ccc(C(=O)c2c(Cl)ccc([C@H](N)C3CC3)c2F)cc1Cl. The Hall–Kier alpha value is -1.62. The highest BCUT2D eigenvalue weighted by Crippen LogP contribution is 2.41. The maximum Gasteiger partial charge on any atom is 0.197 e.